The Morgan fingerprint density at radius 3 is 1.33 bits per heavy atom. The van der Waals surface area contributed by atoms with Gasteiger partial charge in [0.05, 0.1) is 22.4 Å². The Morgan fingerprint density at radius 1 is 0.295 bits per heavy atom. The van der Waals surface area contributed by atoms with E-state index in [4.69, 9.17) is 19.9 Å². The van der Waals surface area contributed by atoms with Gasteiger partial charge < -0.3 is 4.57 Å². The average molecular weight is 782 g/mol. The molecule has 0 N–H and O–H groups in total. The van der Waals surface area contributed by atoms with Crippen molar-refractivity contribution in [1.82, 2.24) is 34.5 Å². The fraction of sp³-hybridized carbons (Fsp3) is 0. The molecule has 0 aliphatic carbocycles. The molecule has 11 aromatic rings. The number of nitrogens with zero attached hydrogens (tertiary/aromatic N) is 7. The number of fused-ring (bicyclic) bond motifs is 3. The molecule has 0 aliphatic rings. The van der Waals surface area contributed by atoms with Gasteiger partial charge >= 0.3 is 0 Å². The molecular formula is C54H35N7. The van der Waals surface area contributed by atoms with E-state index in [1.807, 2.05) is 67.0 Å². The first-order valence-electron chi connectivity index (χ1n) is 20.2. The molecule has 6 aromatic carbocycles. The maximum atomic E-state index is 5.07. The van der Waals surface area contributed by atoms with Crippen molar-refractivity contribution in [1.29, 1.82) is 0 Å². The van der Waals surface area contributed by atoms with Gasteiger partial charge in [-0.15, -0.1) is 0 Å². The summed E-state index contributed by atoms with van der Waals surface area (Å²) in [5.41, 5.74) is 14.1. The molecule has 0 saturated carbocycles. The third-order valence-corrected chi connectivity index (χ3v) is 11.0. The Kier molecular flexibility index (Phi) is 9.02. The molecule has 286 valence electrons. The minimum Gasteiger partial charge on any atom is -0.309 e. The standard InChI is InChI=1S/C54H35N7/c1-3-11-38(12-4-1)52-58-53(39-23-19-36(20-24-39)41-27-28-51-47(31-41)46-17-7-8-18-50(46)61(51)45-15-5-2-6-16-45)60-54(59-52)40-25-21-37(22-26-40)44-32-48(42-13-9-29-55-34-42)57-49(33-44)43-14-10-30-56-35-43/h1-35H. The van der Waals surface area contributed by atoms with Crippen LogP contribution in [-0.2, 0) is 0 Å². The van der Waals surface area contributed by atoms with Gasteiger partial charge in [0.1, 0.15) is 0 Å². The summed E-state index contributed by atoms with van der Waals surface area (Å²) in [5, 5.41) is 2.44. The zero-order valence-corrected chi connectivity index (χ0v) is 32.8. The Hall–Kier alpha value is -8.42. The highest BCUT2D eigenvalue weighted by molar-refractivity contribution is 6.10. The molecule has 0 saturated heterocycles. The second-order valence-corrected chi connectivity index (χ2v) is 14.9. The summed E-state index contributed by atoms with van der Waals surface area (Å²) in [6, 6.07) is 65.0. The van der Waals surface area contributed by atoms with Crippen molar-refractivity contribution in [2.45, 2.75) is 0 Å². The van der Waals surface area contributed by atoms with Gasteiger partial charge in [0.15, 0.2) is 17.5 Å². The fourth-order valence-corrected chi connectivity index (χ4v) is 8.00. The Balaban J connectivity index is 0.950. The number of benzene rings is 6. The normalized spacial score (nSPS) is 11.3. The Morgan fingerprint density at radius 2 is 0.754 bits per heavy atom. The van der Waals surface area contributed by atoms with Crippen LogP contribution in [0.5, 0.6) is 0 Å². The fourth-order valence-electron chi connectivity index (χ4n) is 8.00. The molecule has 0 spiro atoms. The van der Waals surface area contributed by atoms with Crippen molar-refractivity contribution in [3.8, 4) is 84.6 Å². The molecular weight excluding hydrogens is 747 g/mol. The third kappa shape index (κ3) is 6.90. The zero-order chi connectivity index (χ0) is 40.5. The smallest absolute Gasteiger partial charge is 0.164 e. The van der Waals surface area contributed by atoms with Gasteiger partial charge in [-0.3, -0.25) is 9.97 Å². The Labute approximate surface area is 352 Å². The van der Waals surface area contributed by atoms with Gasteiger partial charge in [-0.2, -0.15) is 0 Å². The molecule has 0 amide bonds. The lowest BCUT2D eigenvalue weighted by atomic mass is 9.99. The SMILES string of the molecule is c1ccc(-c2nc(-c3ccc(-c4cc(-c5cccnc5)nc(-c5cccnc5)c4)cc3)nc(-c3ccc(-c4ccc5c(c4)c4ccccc4n5-c4ccccc4)cc3)n2)cc1. The van der Waals surface area contributed by atoms with Crippen molar-refractivity contribution in [3.05, 3.63) is 213 Å². The molecule has 0 fully saturated rings. The number of aromatic nitrogens is 7. The topological polar surface area (TPSA) is 82.3 Å². The molecule has 0 bridgehead atoms. The highest BCUT2D eigenvalue weighted by Crippen LogP contribution is 2.36. The number of para-hydroxylation sites is 2. The van der Waals surface area contributed by atoms with Crippen LogP contribution in [0.15, 0.2) is 213 Å². The van der Waals surface area contributed by atoms with Crippen LogP contribution in [0.1, 0.15) is 0 Å². The first kappa shape index (κ1) is 35.7. The first-order valence-corrected chi connectivity index (χ1v) is 20.2. The van der Waals surface area contributed by atoms with Crippen LogP contribution in [-0.4, -0.2) is 34.5 Å². The number of hydrogen-bond donors (Lipinski definition) is 0. The summed E-state index contributed by atoms with van der Waals surface area (Å²) in [5.74, 6) is 1.82. The average Bonchev–Trinajstić information content (AvgIpc) is 3.68. The summed E-state index contributed by atoms with van der Waals surface area (Å²) >= 11 is 0. The van der Waals surface area contributed by atoms with Crippen LogP contribution < -0.4 is 0 Å². The predicted octanol–water partition coefficient (Wildman–Crippen LogP) is 12.8. The van der Waals surface area contributed by atoms with E-state index in [0.717, 1.165) is 67.1 Å². The number of hydrogen-bond acceptors (Lipinski definition) is 6. The molecule has 0 atom stereocenters. The van der Waals surface area contributed by atoms with Gasteiger partial charge in [-0.25, -0.2) is 19.9 Å². The number of rotatable bonds is 8. The van der Waals surface area contributed by atoms with Crippen LogP contribution >= 0.6 is 0 Å². The van der Waals surface area contributed by atoms with Crippen LogP contribution in [0.4, 0.5) is 0 Å². The van der Waals surface area contributed by atoms with E-state index in [0.29, 0.717) is 17.5 Å². The quantitative estimate of drug-likeness (QED) is 0.153. The van der Waals surface area contributed by atoms with Crippen LogP contribution in [0.3, 0.4) is 0 Å². The lowest BCUT2D eigenvalue weighted by molar-refractivity contribution is 1.07. The molecule has 0 aliphatic heterocycles. The summed E-state index contributed by atoms with van der Waals surface area (Å²) in [4.78, 5) is 28.8. The van der Waals surface area contributed by atoms with E-state index in [1.165, 1.54) is 21.8 Å². The highest BCUT2D eigenvalue weighted by atomic mass is 15.0. The van der Waals surface area contributed by atoms with Gasteiger partial charge in [-0.1, -0.05) is 121 Å². The van der Waals surface area contributed by atoms with Crippen molar-refractivity contribution in [2.24, 2.45) is 0 Å². The van der Waals surface area contributed by atoms with Crippen LogP contribution in [0.2, 0.25) is 0 Å². The molecule has 0 radical (unpaired) electrons. The Bertz CT molecular complexity index is 3260. The van der Waals surface area contributed by atoms with Crippen LogP contribution in [0.25, 0.3) is 106 Å². The lowest BCUT2D eigenvalue weighted by Gasteiger charge is -2.11. The molecule has 61 heavy (non-hydrogen) atoms. The second-order valence-electron chi connectivity index (χ2n) is 14.9. The van der Waals surface area contributed by atoms with E-state index in [1.54, 1.807) is 12.4 Å². The monoisotopic (exact) mass is 781 g/mol. The van der Waals surface area contributed by atoms with E-state index in [-0.39, 0.29) is 0 Å². The minimum absolute atomic E-state index is 0.599. The van der Waals surface area contributed by atoms with E-state index in [2.05, 4.69) is 148 Å². The summed E-state index contributed by atoms with van der Waals surface area (Å²) in [7, 11) is 0. The van der Waals surface area contributed by atoms with Crippen molar-refractivity contribution in [3.63, 3.8) is 0 Å². The lowest BCUT2D eigenvalue weighted by Crippen LogP contribution is -2.00. The maximum absolute atomic E-state index is 5.07. The summed E-state index contributed by atoms with van der Waals surface area (Å²) in [6.07, 6.45) is 7.22. The highest BCUT2D eigenvalue weighted by Gasteiger charge is 2.16. The number of pyridine rings is 3. The van der Waals surface area contributed by atoms with Crippen molar-refractivity contribution in [2.75, 3.05) is 0 Å². The van der Waals surface area contributed by atoms with Gasteiger partial charge in [-0.05, 0) is 89.0 Å². The molecule has 7 nitrogen and oxygen atoms in total. The van der Waals surface area contributed by atoms with Crippen molar-refractivity contribution >= 4 is 21.8 Å². The maximum Gasteiger partial charge on any atom is 0.164 e. The van der Waals surface area contributed by atoms with Crippen LogP contribution in [0, 0.1) is 0 Å². The van der Waals surface area contributed by atoms with Crippen molar-refractivity contribution < 1.29 is 0 Å². The van der Waals surface area contributed by atoms with E-state index >= 15 is 0 Å². The second kappa shape index (κ2) is 15.4. The third-order valence-electron chi connectivity index (χ3n) is 11.0. The van der Waals surface area contributed by atoms with E-state index in [9.17, 15) is 0 Å². The molecule has 0 unspecified atom stereocenters. The molecule has 7 heteroatoms. The first-order chi connectivity index (χ1) is 30.2. The molecule has 5 heterocycles. The predicted molar refractivity (Wildman–Crippen MR) is 246 cm³/mol. The minimum atomic E-state index is 0.599. The zero-order valence-electron chi connectivity index (χ0n) is 32.8. The molecule has 5 aromatic heterocycles. The van der Waals surface area contributed by atoms with E-state index < -0.39 is 0 Å². The van der Waals surface area contributed by atoms with Gasteiger partial charge in [0, 0.05) is 69.1 Å². The summed E-state index contributed by atoms with van der Waals surface area (Å²) < 4.78 is 2.34. The largest absolute Gasteiger partial charge is 0.309 e. The van der Waals surface area contributed by atoms with Gasteiger partial charge in [0.2, 0.25) is 0 Å². The summed E-state index contributed by atoms with van der Waals surface area (Å²) in [6.45, 7) is 0. The van der Waals surface area contributed by atoms with Gasteiger partial charge in [0.25, 0.3) is 0 Å². The molecule has 11 rings (SSSR count).